The van der Waals surface area contributed by atoms with E-state index in [0.29, 0.717) is 28.1 Å². The zero-order valence-electron chi connectivity index (χ0n) is 8.99. The third kappa shape index (κ3) is 3.05. The number of benzene rings is 2. The van der Waals surface area contributed by atoms with Crippen molar-refractivity contribution in [2.45, 2.75) is 6.61 Å². The number of hydrogen-bond donors (Lipinski definition) is 1. The van der Waals surface area contributed by atoms with Gasteiger partial charge in [0.05, 0.1) is 10.7 Å². The molecular weight excluding hydrogens is 257 g/mol. The van der Waals surface area contributed by atoms with Gasteiger partial charge in [0.2, 0.25) is 0 Å². The van der Waals surface area contributed by atoms with E-state index in [2.05, 4.69) is 0 Å². The molecule has 0 unspecified atom stereocenters. The maximum atomic E-state index is 5.89. The van der Waals surface area contributed by atoms with E-state index < -0.39 is 0 Å². The molecule has 88 valence electrons. The van der Waals surface area contributed by atoms with Gasteiger partial charge in [-0.15, -0.1) is 0 Å². The molecule has 0 fully saturated rings. The number of nitrogen functional groups attached to an aromatic ring is 1. The number of anilines is 1. The molecule has 0 heterocycles. The highest BCUT2D eigenvalue weighted by atomic mass is 35.5. The predicted molar refractivity (Wildman–Crippen MR) is 71.6 cm³/mol. The highest BCUT2D eigenvalue weighted by molar-refractivity contribution is 6.33. The van der Waals surface area contributed by atoms with Crippen molar-refractivity contribution < 1.29 is 4.74 Å². The largest absolute Gasteiger partial charge is 0.487 e. The maximum Gasteiger partial charge on any atom is 0.144 e. The molecule has 2 nitrogen and oxygen atoms in total. The molecule has 0 atom stereocenters. The Morgan fingerprint density at radius 2 is 1.82 bits per heavy atom. The van der Waals surface area contributed by atoms with Gasteiger partial charge in [-0.25, -0.2) is 0 Å². The van der Waals surface area contributed by atoms with Crippen molar-refractivity contribution in [1.82, 2.24) is 0 Å². The van der Waals surface area contributed by atoms with E-state index >= 15 is 0 Å². The monoisotopic (exact) mass is 267 g/mol. The van der Waals surface area contributed by atoms with Crippen LogP contribution in [0.25, 0.3) is 0 Å². The molecule has 0 aliphatic rings. The smallest absolute Gasteiger partial charge is 0.144 e. The Morgan fingerprint density at radius 1 is 1.06 bits per heavy atom. The van der Waals surface area contributed by atoms with Crippen molar-refractivity contribution in [3.05, 3.63) is 58.1 Å². The summed E-state index contributed by atoms with van der Waals surface area (Å²) in [6.07, 6.45) is 0. The van der Waals surface area contributed by atoms with Crippen LogP contribution in [0.1, 0.15) is 5.56 Å². The normalized spacial score (nSPS) is 10.2. The van der Waals surface area contributed by atoms with E-state index in [9.17, 15) is 0 Å². The first-order valence-corrected chi connectivity index (χ1v) is 5.83. The van der Waals surface area contributed by atoms with Gasteiger partial charge in [0.25, 0.3) is 0 Å². The fraction of sp³-hybridized carbons (Fsp3) is 0.0769. The van der Waals surface area contributed by atoms with E-state index in [1.54, 1.807) is 18.2 Å². The average Bonchev–Trinajstić information content (AvgIpc) is 2.31. The standard InChI is InChI=1S/C13H11Cl2NO/c14-10-4-1-3-9(7-10)8-17-12-6-2-5-11(15)13(12)16/h1-7H,8,16H2. The topological polar surface area (TPSA) is 35.2 Å². The molecule has 2 rings (SSSR count). The molecule has 0 aromatic heterocycles. The van der Waals surface area contributed by atoms with Gasteiger partial charge in [-0.3, -0.25) is 0 Å². The predicted octanol–water partition coefficient (Wildman–Crippen LogP) is 4.15. The molecule has 0 saturated carbocycles. The molecule has 0 spiro atoms. The van der Waals surface area contributed by atoms with Gasteiger partial charge in [-0.05, 0) is 29.8 Å². The molecule has 17 heavy (non-hydrogen) atoms. The van der Waals surface area contributed by atoms with Crippen molar-refractivity contribution in [3.63, 3.8) is 0 Å². The van der Waals surface area contributed by atoms with Crippen molar-refractivity contribution in [2.24, 2.45) is 0 Å². The van der Waals surface area contributed by atoms with E-state index in [0.717, 1.165) is 5.56 Å². The number of nitrogens with two attached hydrogens (primary N) is 1. The highest BCUT2D eigenvalue weighted by Crippen LogP contribution is 2.29. The van der Waals surface area contributed by atoms with Crippen molar-refractivity contribution in [1.29, 1.82) is 0 Å². The van der Waals surface area contributed by atoms with E-state index in [1.165, 1.54) is 0 Å². The van der Waals surface area contributed by atoms with Crippen LogP contribution in [0.3, 0.4) is 0 Å². The maximum absolute atomic E-state index is 5.89. The summed E-state index contributed by atoms with van der Waals surface area (Å²) in [6.45, 7) is 0.408. The molecule has 0 saturated heterocycles. The first-order valence-electron chi connectivity index (χ1n) is 5.08. The first kappa shape index (κ1) is 12.1. The van der Waals surface area contributed by atoms with Gasteiger partial charge in [0.1, 0.15) is 12.4 Å². The van der Waals surface area contributed by atoms with Crippen LogP contribution in [-0.4, -0.2) is 0 Å². The first-order chi connectivity index (χ1) is 8.16. The Hall–Kier alpha value is -1.38. The molecule has 0 amide bonds. The molecule has 4 heteroatoms. The van der Waals surface area contributed by atoms with Crippen LogP contribution in [0.5, 0.6) is 5.75 Å². The molecule has 0 aliphatic heterocycles. The van der Waals surface area contributed by atoms with Crippen molar-refractivity contribution >= 4 is 28.9 Å². The summed E-state index contributed by atoms with van der Waals surface area (Å²) in [4.78, 5) is 0. The van der Waals surface area contributed by atoms with E-state index in [1.807, 2.05) is 24.3 Å². The Kier molecular flexibility index (Phi) is 3.77. The Balaban J connectivity index is 2.10. The summed E-state index contributed by atoms with van der Waals surface area (Å²) in [5.41, 5.74) is 7.23. The quantitative estimate of drug-likeness (QED) is 0.848. The molecule has 2 aromatic carbocycles. The van der Waals surface area contributed by atoms with Gasteiger partial charge >= 0.3 is 0 Å². The van der Waals surface area contributed by atoms with Gasteiger partial charge in [0, 0.05) is 5.02 Å². The molecule has 0 bridgehead atoms. The van der Waals surface area contributed by atoms with Gasteiger partial charge < -0.3 is 10.5 Å². The number of hydrogen-bond acceptors (Lipinski definition) is 2. The summed E-state index contributed by atoms with van der Waals surface area (Å²) < 4.78 is 5.59. The van der Waals surface area contributed by atoms with Gasteiger partial charge in [-0.2, -0.15) is 0 Å². The number of ether oxygens (including phenoxy) is 1. The summed E-state index contributed by atoms with van der Waals surface area (Å²) in [7, 11) is 0. The summed E-state index contributed by atoms with van der Waals surface area (Å²) in [5, 5.41) is 1.18. The van der Waals surface area contributed by atoms with Crippen LogP contribution in [0.2, 0.25) is 10.0 Å². The minimum atomic E-state index is 0.408. The third-order valence-electron chi connectivity index (χ3n) is 2.30. The fourth-order valence-corrected chi connectivity index (χ4v) is 1.81. The fourth-order valence-electron chi connectivity index (χ4n) is 1.43. The Labute approximate surface area is 110 Å². The summed E-state index contributed by atoms with van der Waals surface area (Å²) in [6, 6.07) is 12.8. The highest BCUT2D eigenvalue weighted by Gasteiger charge is 2.04. The average molecular weight is 268 g/mol. The molecule has 0 radical (unpaired) electrons. The number of halogens is 2. The summed E-state index contributed by atoms with van der Waals surface area (Å²) in [5.74, 6) is 0.581. The lowest BCUT2D eigenvalue weighted by Gasteiger charge is -2.09. The lowest BCUT2D eigenvalue weighted by Crippen LogP contribution is -1.99. The van der Waals surface area contributed by atoms with Crippen LogP contribution in [0, 0.1) is 0 Å². The van der Waals surface area contributed by atoms with Gasteiger partial charge in [0.15, 0.2) is 0 Å². The molecule has 2 N–H and O–H groups in total. The molecule has 0 aliphatic carbocycles. The van der Waals surface area contributed by atoms with Crippen LogP contribution >= 0.6 is 23.2 Å². The molecular formula is C13H11Cl2NO. The Bertz CT molecular complexity index is 529. The van der Waals surface area contributed by atoms with E-state index in [4.69, 9.17) is 33.7 Å². The number of rotatable bonds is 3. The second kappa shape index (κ2) is 5.30. The van der Waals surface area contributed by atoms with E-state index in [-0.39, 0.29) is 0 Å². The second-order valence-electron chi connectivity index (χ2n) is 3.57. The lowest BCUT2D eigenvalue weighted by molar-refractivity contribution is 0.308. The van der Waals surface area contributed by atoms with Crippen molar-refractivity contribution in [2.75, 3.05) is 5.73 Å². The zero-order chi connectivity index (χ0) is 12.3. The van der Waals surface area contributed by atoms with Crippen LogP contribution in [-0.2, 0) is 6.61 Å². The van der Waals surface area contributed by atoms with Gasteiger partial charge in [-0.1, -0.05) is 41.4 Å². The minimum absolute atomic E-state index is 0.408. The zero-order valence-corrected chi connectivity index (χ0v) is 10.5. The molecule has 2 aromatic rings. The van der Waals surface area contributed by atoms with Crippen LogP contribution in [0.15, 0.2) is 42.5 Å². The van der Waals surface area contributed by atoms with Crippen LogP contribution in [0.4, 0.5) is 5.69 Å². The summed E-state index contributed by atoms with van der Waals surface area (Å²) >= 11 is 11.8. The van der Waals surface area contributed by atoms with Crippen LogP contribution < -0.4 is 10.5 Å². The third-order valence-corrected chi connectivity index (χ3v) is 2.86. The minimum Gasteiger partial charge on any atom is -0.487 e. The number of para-hydroxylation sites is 1. The SMILES string of the molecule is Nc1c(Cl)cccc1OCc1cccc(Cl)c1. The Morgan fingerprint density at radius 3 is 2.59 bits per heavy atom. The van der Waals surface area contributed by atoms with Crippen molar-refractivity contribution in [3.8, 4) is 5.75 Å². The lowest BCUT2D eigenvalue weighted by atomic mass is 10.2. The second-order valence-corrected chi connectivity index (χ2v) is 4.41.